The van der Waals surface area contributed by atoms with Gasteiger partial charge in [0.05, 0.1) is 6.61 Å². The van der Waals surface area contributed by atoms with E-state index < -0.39 is 0 Å². The Morgan fingerprint density at radius 1 is 1.15 bits per heavy atom. The Morgan fingerprint density at radius 3 is 2.78 bits per heavy atom. The zero-order valence-corrected chi connectivity index (χ0v) is 15.4. The minimum Gasteiger partial charge on any atom is -0.491 e. The van der Waals surface area contributed by atoms with Crippen molar-refractivity contribution in [1.29, 1.82) is 0 Å². The Bertz CT molecular complexity index is 965. The summed E-state index contributed by atoms with van der Waals surface area (Å²) in [5.74, 6) is 1.54. The number of aromatic nitrogens is 2. The maximum Gasteiger partial charge on any atom is 0.225 e. The third kappa shape index (κ3) is 4.11. The van der Waals surface area contributed by atoms with Crippen LogP contribution in [0.4, 0.5) is 5.82 Å². The van der Waals surface area contributed by atoms with Gasteiger partial charge in [-0.3, -0.25) is 4.79 Å². The molecule has 27 heavy (non-hydrogen) atoms. The van der Waals surface area contributed by atoms with Crippen molar-refractivity contribution in [2.75, 3.05) is 18.5 Å². The molecule has 4 rings (SSSR count). The first-order valence-electron chi connectivity index (χ1n) is 8.82. The zero-order valence-electron chi connectivity index (χ0n) is 14.6. The van der Waals surface area contributed by atoms with E-state index in [1.807, 2.05) is 48.5 Å². The Kier molecular flexibility index (Phi) is 5.07. The summed E-state index contributed by atoms with van der Waals surface area (Å²) in [5, 5.41) is 7.15. The van der Waals surface area contributed by atoms with Gasteiger partial charge in [-0.2, -0.15) is 0 Å². The predicted molar refractivity (Wildman–Crippen MR) is 105 cm³/mol. The number of anilines is 1. The van der Waals surface area contributed by atoms with Gasteiger partial charge in [-0.1, -0.05) is 36.4 Å². The van der Waals surface area contributed by atoms with Gasteiger partial charge in [0.2, 0.25) is 11.2 Å². The van der Waals surface area contributed by atoms with E-state index in [0.29, 0.717) is 43.2 Å². The Hall–Kier alpha value is -2.86. The lowest BCUT2D eigenvalue weighted by Crippen LogP contribution is -2.17. The zero-order chi connectivity index (χ0) is 18.6. The van der Waals surface area contributed by atoms with E-state index in [-0.39, 0.29) is 17.1 Å². The first kappa shape index (κ1) is 17.5. The molecule has 1 saturated heterocycles. The van der Waals surface area contributed by atoms with E-state index in [0.717, 1.165) is 10.9 Å². The number of fused-ring (bicyclic) bond motifs is 1. The molecule has 2 heterocycles. The first-order valence-corrected chi connectivity index (χ1v) is 9.20. The highest BCUT2D eigenvalue weighted by molar-refractivity contribution is 6.29. The van der Waals surface area contributed by atoms with Crippen molar-refractivity contribution in [2.24, 2.45) is 5.92 Å². The van der Waals surface area contributed by atoms with E-state index in [1.54, 1.807) is 0 Å². The summed E-state index contributed by atoms with van der Waals surface area (Å²) in [7, 11) is 0. The van der Waals surface area contributed by atoms with Crippen molar-refractivity contribution in [3.8, 4) is 5.75 Å². The quantitative estimate of drug-likeness (QED) is 0.639. The fraction of sp³-hybridized carbons (Fsp3) is 0.250. The van der Waals surface area contributed by atoms with Gasteiger partial charge in [0.1, 0.15) is 17.1 Å². The van der Waals surface area contributed by atoms with Crippen molar-refractivity contribution in [3.63, 3.8) is 0 Å². The van der Waals surface area contributed by atoms with Crippen LogP contribution in [0.2, 0.25) is 5.28 Å². The summed E-state index contributed by atoms with van der Waals surface area (Å²) in [6.45, 7) is 1.72. The average Bonchev–Trinajstić information content (AvgIpc) is 3.10. The third-order valence-corrected chi connectivity index (χ3v) is 4.67. The number of hydrogen-bond donors (Lipinski definition) is 2. The topological polar surface area (TPSA) is 76.1 Å². The molecule has 7 heteroatoms. The second kappa shape index (κ2) is 7.80. The molecule has 0 radical (unpaired) electrons. The molecule has 1 fully saturated rings. The highest BCUT2D eigenvalue weighted by Gasteiger charge is 2.22. The first-order chi connectivity index (χ1) is 13.2. The number of amides is 1. The minimum absolute atomic E-state index is 0.0688. The van der Waals surface area contributed by atoms with Crippen LogP contribution in [-0.4, -0.2) is 29.0 Å². The van der Waals surface area contributed by atoms with Crippen LogP contribution in [-0.2, 0) is 11.3 Å². The maximum absolute atomic E-state index is 11.3. The minimum atomic E-state index is 0.0688. The molecule has 1 amide bonds. The maximum atomic E-state index is 11.3. The molecular formula is C20H19ClN4O2. The highest BCUT2D eigenvalue weighted by atomic mass is 35.5. The third-order valence-electron chi connectivity index (χ3n) is 4.50. The molecular weight excluding hydrogens is 364 g/mol. The Labute approximate surface area is 161 Å². The molecule has 0 bridgehead atoms. The smallest absolute Gasteiger partial charge is 0.225 e. The number of halogens is 1. The molecule has 0 spiro atoms. The molecule has 1 aliphatic heterocycles. The van der Waals surface area contributed by atoms with Crippen LogP contribution in [0.25, 0.3) is 10.9 Å². The summed E-state index contributed by atoms with van der Waals surface area (Å²) >= 11 is 6.15. The van der Waals surface area contributed by atoms with E-state index in [9.17, 15) is 4.79 Å². The lowest BCUT2D eigenvalue weighted by molar-refractivity contribution is -0.119. The van der Waals surface area contributed by atoms with Crippen molar-refractivity contribution in [3.05, 3.63) is 59.4 Å². The number of nitrogens with one attached hydrogen (secondary N) is 2. The number of benzene rings is 2. The van der Waals surface area contributed by atoms with Crippen molar-refractivity contribution >= 4 is 34.2 Å². The highest BCUT2D eigenvalue weighted by Crippen LogP contribution is 2.30. The van der Waals surface area contributed by atoms with Crippen molar-refractivity contribution in [2.45, 2.75) is 13.0 Å². The van der Waals surface area contributed by atoms with Crippen molar-refractivity contribution < 1.29 is 9.53 Å². The van der Waals surface area contributed by atoms with Gasteiger partial charge in [-0.25, -0.2) is 9.97 Å². The fourth-order valence-electron chi connectivity index (χ4n) is 3.12. The molecule has 6 nitrogen and oxygen atoms in total. The standard InChI is InChI=1S/C20H19ClN4O2/c21-20-24-18-15(19(25-20)23-10-13-5-2-1-3-6-13)7-4-8-16(18)27-12-14-9-17(26)22-11-14/h1-8,14H,9-12H2,(H,22,26)(H,23,24,25). The number of rotatable bonds is 6. The molecule has 138 valence electrons. The second-order valence-electron chi connectivity index (χ2n) is 6.52. The Morgan fingerprint density at radius 2 is 2.00 bits per heavy atom. The summed E-state index contributed by atoms with van der Waals surface area (Å²) in [6.07, 6.45) is 0.490. The number of nitrogens with zero attached hydrogens (tertiary/aromatic N) is 2. The molecule has 3 aromatic rings. The van der Waals surface area contributed by atoms with Crippen LogP contribution in [0.3, 0.4) is 0 Å². The van der Waals surface area contributed by atoms with Crippen LogP contribution in [0.5, 0.6) is 5.75 Å². The van der Waals surface area contributed by atoms with Crippen LogP contribution < -0.4 is 15.4 Å². The number of para-hydroxylation sites is 1. The molecule has 2 N–H and O–H groups in total. The van der Waals surface area contributed by atoms with Crippen LogP contribution in [0.1, 0.15) is 12.0 Å². The van der Waals surface area contributed by atoms with E-state index >= 15 is 0 Å². The molecule has 1 aromatic heterocycles. The lowest BCUT2D eigenvalue weighted by atomic mass is 10.1. The SMILES string of the molecule is O=C1CC(COc2cccc3c(NCc4ccccc4)nc(Cl)nc23)CN1. The van der Waals surface area contributed by atoms with E-state index in [1.165, 1.54) is 0 Å². The summed E-state index contributed by atoms with van der Waals surface area (Å²) < 4.78 is 5.96. The second-order valence-corrected chi connectivity index (χ2v) is 6.86. The monoisotopic (exact) mass is 382 g/mol. The molecule has 1 aliphatic rings. The molecule has 2 aromatic carbocycles. The molecule has 0 aliphatic carbocycles. The number of hydrogen-bond acceptors (Lipinski definition) is 5. The van der Waals surface area contributed by atoms with Crippen LogP contribution >= 0.6 is 11.6 Å². The molecule has 1 unspecified atom stereocenters. The fourth-order valence-corrected chi connectivity index (χ4v) is 3.29. The predicted octanol–water partition coefficient (Wildman–Crippen LogP) is 3.41. The largest absolute Gasteiger partial charge is 0.491 e. The number of carbonyl (C=O) groups excluding carboxylic acids is 1. The molecule has 0 saturated carbocycles. The van der Waals surface area contributed by atoms with Gasteiger partial charge in [-0.15, -0.1) is 0 Å². The van der Waals surface area contributed by atoms with Gasteiger partial charge < -0.3 is 15.4 Å². The number of ether oxygens (including phenoxy) is 1. The summed E-state index contributed by atoms with van der Waals surface area (Å²) in [4.78, 5) is 20.0. The Balaban J connectivity index is 1.56. The van der Waals surface area contributed by atoms with Gasteiger partial charge in [0, 0.05) is 30.8 Å². The van der Waals surface area contributed by atoms with Crippen LogP contribution in [0, 0.1) is 5.92 Å². The van der Waals surface area contributed by atoms with Gasteiger partial charge in [0.15, 0.2) is 0 Å². The van der Waals surface area contributed by atoms with Crippen LogP contribution in [0.15, 0.2) is 48.5 Å². The molecule has 1 atom stereocenters. The van der Waals surface area contributed by atoms with Gasteiger partial charge in [-0.05, 0) is 29.3 Å². The van der Waals surface area contributed by atoms with E-state index in [4.69, 9.17) is 16.3 Å². The summed E-state index contributed by atoms with van der Waals surface area (Å²) in [6, 6.07) is 15.8. The average molecular weight is 383 g/mol. The van der Waals surface area contributed by atoms with Gasteiger partial charge >= 0.3 is 0 Å². The lowest BCUT2D eigenvalue weighted by Gasteiger charge is -2.14. The number of carbonyl (C=O) groups is 1. The summed E-state index contributed by atoms with van der Waals surface area (Å²) in [5.41, 5.74) is 1.80. The van der Waals surface area contributed by atoms with Gasteiger partial charge in [0.25, 0.3) is 0 Å². The van der Waals surface area contributed by atoms with Crippen molar-refractivity contribution in [1.82, 2.24) is 15.3 Å². The van der Waals surface area contributed by atoms with E-state index in [2.05, 4.69) is 20.6 Å². The normalized spacial score (nSPS) is 16.3.